The fourth-order valence-corrected chi connectivity index (χ4v) is 2.99. The first-order valence-corrected chi connectivity index (χ1v) is 7.92. The summed E-state index contributed by atoms with van der Waals surface area (Å²) in [5, 5.41) is 0. The molecule has 1 atom stereocenters. The van der Waals surface area contributed by atoms with Gasteiger partial charge in [0.05, 0.1) is 4.83 Å². The number of alkyl halides is 1. The Morgan fingerprint density at radius 3 is 2.39 bits per heavy atom. The van der Waals surface area contributed by atoms with Crippen LogP contribution in [-0.2, 0) is 0 Å². The fourth-order valence-electron chi connectivity index (χ4n) is 2.72. The smallest absolute Gasteiger partial charge is 0.176 e. The van der Waals surface area contributed by atoms with Crippen LogP contribution in [0.2, 0.25) is 0 Å². The molecule has 0 radical (unpaired) electrons. The molecule has 0 aliphatic heterocycles. The molecule has 0 bridgehead atoms. The zero-order valence-electron chi connectivity index (χ0n) is 11.0. The first-order valence-electron chi connectivity index (χ1n) is 7.00. The fraction of sp³-hybridized carbons (Fsp3) is 0.562. The monoisotopic (exact) mass is 308 g/mol. The predicted molar refractivity (Wildman–Crippen MR) is 79.6 cm³/mol. The van der Waals surface area contributed by atoms with E-state index < -0.39 is 0 Å². The molecule has 18 heavy (non-hydrogen) atoms. The second-order valence-corrected chi connectivity index (χ2v) is 6.30. The lowest BCUT2D eigenvalue weighted by atomic mass is 9.84. The van der Waals surface area contributed by atoms with E-state index in [4.69, 9.17) is 0 Å². The van der Waals surface area contributed by atoms with Gasteiger partial charge in [-0.1, -0.05) is 66.4 Å². The van der Waals surface area contributed by atoms with Crippen LogP contribution in [0.1, 0.15) is 67.3 Å². The number of hydrogen-bond acceptors (Lipinski definition) is 1. The maximum Gasteiger partial charge on any atom is 0.176 e. The third-order valence-corrected chi connectivity index (χ3v) is 4.98. The van der Waals surface area contributed by atoms with Gasteiger partial charge < -0.3 is 0 Å². The van der Waals surface area contributed by atoms with E-state index in [1.807, 2.05) is 19.1 Å². The molecule has 0 spiro atoms. The van der Waals surface area contributed by atoms with Crippen molar-refractivity contribution in [3.63, 3.8) is 0 Å². The molecule has 1 aromatic rings. The molecule has 0 aromatic heterocycles. The lowest BCUT2D eigenvalue weighted by Crippen LogP contribution is -2.13. The second kappa shape index (κ2) is 6.51. The highest BCUT2D eigenvalue weighted by Gasteiger charge is 2.17. The molecular formula is C16H21BrO. The van der Waals surface area contributed by atoms with Crippen LogP contribution in [-0.4, -0.2) is 10.6 Å². The Balaban J connectivity index is 2.07. The summed E-state index contributed by atoms with van der Waals surface area (Å²) in [4.78, 5) is 12.0. The molecule has 0 heterocycles. The van der Waals surface area contributed by atoms with Crippen LogP contribution in [0.15, 0.2) is 24.3 Å². The summed E-state index contributed by atoms with van der Waals surface area (Å²) in [5.41, 5.74) is 2.24. The third kappa shape index (κ3) is 3.23. The van der Waals surface area contributed by atoms with E-state index in [1.54, 1.807) is 0 Å². The summed E-state index contributed by atoms with van der Waals surface area (Å²) in [6.45, 7) is 2.02. The van der Waals surface area contributed by atoms with Gasteiger partial charge in [0, 0.05) is 5.56 Å². The van der Waals surface area contributed by atoms with Crippen molar-refractivity contribution >= 4 is 21.7 Å². The van der Waals surface area contributed by atoms with E-state index in [9.17, 15) is 4.79 Å². The Morgan fingerprint density at radius 2 is 1.83 bits per heavy atom. The molecule has 1 saturated carbocycles. The van der Waals surface area contributed by atoms with Gasteiger partial charge in [-0.2, -0.15) is 0 Å². The molecule has 1 aliphatic carbocycles. The molecule has 1 aromatic carbocycles. The maximum absolute atomic E-state index is 12.0. The molecule has 2 rings (SSSR count). The van der Waals surface area contributed by atoms with Gasteiger partial charge >= 0.3 is 0 Å². The van der Waals surface area contributed by atoms with Crippen molar-refractivity contribution in [3.8, 4) is 0 Å². The third-order valence-electron chi connectivity index (χ3n) is 3.91. The molecule has 1 nitrogen and oxygen atoms in total. The van der Waals surface area contributed by atoms with Gasteiger partial charge in [-0.25, -0.2) is 0 Å². The topological polar surface area (TPSA) is 17.1 Å². The first-order chi connectivity index (χ1) is 8.72. The Labute approximate surface area is 118 Å². The van der Waals surface area contributed by atoms with Crippen molar-refractivity contribution in [2.75, 3.05) is 0 Å². The van der Waals surface area contributed by atoms with Crippen molar-refractivity contribution in [2.24, 2.45) is 0 Å². The molecular weight excluding hydrogens is 288 g/mol. The van der Waals surface area contributed by atoms with Crippen LogP contribution < -0.4 is 0 Å². The van der Waals surface area contributed by atoms with Gasteiger partial charge in [-0.05, 0) is 30.7 Å². The zero-order chi connectivity index (χ0) is 13.0. The molecule has 0 N–H and O–H groups in total. The lowest BCUT2D eigenvalue weighted by Gasteiger charge is -2.22. The van der Waals surface area contributed by atoms with Crippen LogP contribution in [0.25, 0.3) is 0 Å². The predicted octanol–water partition coefficient (Wildman–Crippen LogP) is 5.09. The van der Waals surface area contributed by atoms with Crippen LogP contribution in [0.4, 0.5) is 0 Å². The number of hydrogen-bond donors (Lipinski definition) is 0. The summed E-state index contributed by atoms with van der Waals surface area (Å²) < 4.78 is 0. The Bertz CT molecular complexity index is 390. The zero-order valence-corrected chi connectivity index (χ0v) is 12.6. The summed E-state index contributed by atoms with van der Waals surface area (Å²) in [6.07, 6.45) is 7.54. The highest BCUT2D eigenvalue weighted by molar-refractivity contribution is 9.10. The molecule has 1 unspecified atom stereocenters. The number of carbonyl (C=O) groups is 1. The molecule has 2 heteroatoms. The van der Waals surface area contributed by atoms with E-state index >= 15 is 0 Å². The van der Waals surface area contributed by atoms with Crippen LogP contribution in [0.5, 0.6) is 0 Å². The SMILES string of the molecule is CCC(Br)C(=O)c1ccc(C2CCCCC2)cc1. The van der Waals surface area contributed by atoms with Crippen molar-refractivity contribution < 1.29 is 4.79 Å². The number of benzene rings is 1. The molecule has 0 amide bonds. The van der Waals surface area contributed by atoms with E-state index in [0.717, 1.165) is 12.0 Å². The van der Waals surface area contributed by atoms with Crippen LogP contribution in [0.3, 0.4) is 0 Å². The summed E-state index contributed by atoms with van der Waals surface area (Å²) in [6, 6.07) is 8.30. The van der Waals surface area contributed by atoms with Gasteiger partial charge in [0.2, 0.25) is 0 Å². The highest BCUT2D eigenvalue weighted by Crippen LogP contribution is 2.32. The average Bonchev–Trinajstić information content (AvgIpc) is 2.47. The number of rotatable bonds is 4. The Hall–Kier alpha value is -0.630. The van der Waals surface area contributed by atoms with Gasteiger partial charge in [0.1, 0.15) is 0 Å². The standard InChI is InChI=1S/C16H21BrO/c1-2-15(17)16(18)14-10-8-13(9-11-14)12-6-4-3-5-7-12/h8-12,15H,2-7H2,1H3. The number of carbonyl (C=O) groups excluding carboxylic acids is 1. The second-order valence-electron chi connectivity index (χ2n) is 5.20. The number of halogens is 1. The molecule has 0 saturated heterocycles. The number of ketones is 1. The minimum Gasteiger partial charge on any atom is -0.293 e. The van der Waals surface area contributed by atoms with Crippen LogP contribution >= 0.6 is 15.9 Å². The van der Waals surface area contributed by atoms with E-state index in [0.29, 0.717) is 5.92 Å². The maximum atomic E-state index is 12.0. The van der Waals surface area contributed by atoms with Crippen molar-refractivity contribution in [2.45, 2.75) is 56.2 Å². The van der Waals surface area contributed by atoms with E-state index in [1.165, 1.54) is 37.7 Å². The largest absolute Gasteiger partial charge is 0.293 e. The van der Waals surface area contributed by atoms with Gasteiger partial charge in [0.25, 0.3) is 0 Å². The van der Waals surface area contributed by atoms with Crippen LogP contribution in [0, 0.1) is 0 Å². The summed E-state index contributed by atoms with van der Waals surface area (Å²) in [7, 11) is 0. The number of Topliss-reactive ketones (excluding diaryl/α,β-unsaturated/α-hetero) is 1. The minimum absolute atomic E-state index is 0.0435. The van der Waals surface area contributed by atoms with Crippen molar-refractivity contribution in [1.29, 1.82) is 0 Å². The first kappa shape index (κ1) is 13.8. The summed E-state index contributed by atoms with van der Waals surface area (Å²) >= 11 is 3.42. The normalized spacial score (nSPS) is 18.6. The minimum atomic E-state index is -0.0435. The van der Waals surface area contributed by atoms with Gasteiger partial charge in [-0.15, -0.1) is 0 Å². The van der Waals surface area contributed by atoms with E-state index in [-0.39, 0.29) is 10.6 Å². The van der Waals surface area contributed by atoms with E-state index in [2.05, 4.69) is 28.1 Å². The van der Waals surface area contributed by atoms with Crippen molar-refractivity contribution in [1.82, 2.24) is 0 Å². The molecule has 98 valence electrons. The average molecular weight is 309 g/mol. The Morgan fingerprint density at radius 1 is 1.22 bits per heavy atom. The summed E-state index contributed by atoms with van der Waals surface area (Å²) in [5.74, 6) is 0.918. The quantitative estimate of drug-likeness (QED) is 0.559. The lowest BCUT2D eigenvalue weighted by molar-refractivity contribution is 0.0990. The molecule has 1 fully saturated rings. The highest BCUT2D eigenvalue weighted by atomic mass is 79.9. The van der Waals surface area contributed by atoms with Crippen molar-refractivity contribution in [3.05, 3.63) is 35.4 Å². The Kier molecular flexibility index (Phi) is 4.99. The van der Waals surface area contributed by atoms with Gasteiger partial charge in [-0.3, -0.25) is 4.79 Å². The molecule has 1 aliphatic rings. The van der Waals surface area contributed by atoms with Gasteiger partial charge in [0.15, 0.2) is 5.78 Å².